The third-order valence-electron chi connectivity index (χ3n) is 7.23. The number of hydrogen-bond acceptors (Lipinski definition) is 5. The molecule has 3 aliphatic rings. The minimum absolute atomic E-state index is 0.242. The average molecular weight is 426 g/mol. The van der Waals surface area contributed by atoms with Gasteiger partial charge in [-0.15, -0.1) is 0 Å². The van der Waals surface area contributed by atoms with E-state index in [4.69, 9.17) is 4.74 Å². The fourth-order valence-corrected chi connectivity index (χ4v) is 5.56. The van der Waals surface area contributed by atoms with Gasteiger partial charge in [0.25, 0.3) is 0 Å². The Balaban J connectivity index is 1.45. The van der Waals surface area contributed by atoms with Gasteiger partial charge in [0.1, 0.15) is 0 Å². The second-order valence-electron chi connectivity index (χ2n) is 9.76. The van der Waals surface area contributed by atoms with Crippen LogP contribution >= 0.6 is 0 Å². The van der Waals surface area contributed by atoms with Crippen LogP contribution < -0.4 is 0 Å². The Kier molecular flexibility index (Phi) is 8.03. The van der Waals surface area contributed by atoms with Crippen molar-refractivity contribution in [1.82, 2.24) is 14.7 Å². The highest BCUT2D eigenvalue weighted by molar-refractivity contribution is 5.39. The zero-order valence-corrected chi connectivity index (χ0v) is 19.3. The molecule has 3 aliphatic heterocycles. The molecule has 5 nitrogen and oxygen atoms in total. The molecule has 0 bridgehead atoms. The van der Waals surface area contributed by atoms with Gasteiger partial charge in [-0.1, -0.05) is 24.0 Å². The third-order valence-corrected chi connectivity index (χ3v) is 7.23. The van der Waals surface area contributed by atoms with E-state index >= 15 is 0 Å². The number of aliphatic hydroxyl groups is 1. The molecule has 3 heterocycles. The lowest BCUT2D eigenvalue weighted by molar-refractivity contribution is -0.0677. The Labute approximate surface area is 188 Å². The number of nitrogens with zero attached hydrogens (tertiary/aromatic N) is 3. The molecule has 4 rings (SSSR count). The van der Waals surface area contributed by atoms with Gasteiger partial charge in [-0.05, 0) is 76.5 Å². The molecule has 0 unspecified atom stereocenters. The Hall–Kier alpha value is -1.42. The summed E-state index contributed by atoms with van der Waals surface area (Å²) in [5.41, 5.74) is 2.42. The van der Waals surface area contributed by atoms with Crippen LogP contribution in [0.3, 0.4) is 0 Å². The summed E-state index contributed by atoms with van der Waals surface area (Å²) in [5.74, 6) is 7.65. The first-order valence-corrected chi connectivity index (χ1v) is 12.1. The first kappa shape index (κ1) is 22.8. The molecule has 3 saturated heterocycles. The first-order valence-electron chi connectivity index (χ1n) is 12.1. The Bertz CT molecular complexity index is 748. The summed E-state index contributed by atoms with van der Waals surface area (Å²) in [7, 11) is 4.07. The highest BCUT2D eigenvalue weighted by Gasteiger charge is 2.49. The van der Waals surface area contributed by atoms with E-state index in [1.165, 1.54) is 44.3 Å². The number of hydrogen-bond donors (Lipinski definition) is 1. The molecule has 0 aromatic heterocycles. The van der Waals surface area contributed by atoms with E-state index < -0.39 is 0 Å². The van der Waals surface area contributed by atoms with Crippen LogP contribution in [-0.2, 0) is 4.74 Å². The quantitative estimate of drug-likeness (QED) is 0.733. The smallest absolute Gasteiger partial charge is 0.0600 e. The maximum absolute atomic E-state index is 10.2. The molecule has 0 amide bonds. The van der Waals surface area contributed by atoms with Gasteiger partial charge in [-0.3, -0.25) is 9.80 Å². The molecular weight excluding hydrogens is 386 g/mol. The van der Waals surface area contributed by atoms with Crippen molar-refractivity contribution < 1.29 is 9.84 Å². The summed E-state index contributed by atoms with van der Waals surface area (Å²) in [6.45, 7) is 7.50. The van der Waals surface area contributed by atoms with Crippen LogP contribution in [0, 0.1) is 17.8 Å². The number of ether oxygens (including phenoxy) is 1. The van der Waals surface area contributed by atoms with Gasteiger partial charge in [0, 0.05) is 49.9 Å². The summed E-state index contributed by atoms with van der Waals surface area (Å²) < 4.78 is 5.57. The molecule has 0 saturated carbocycles. The highest BCUT2D eigenvalue weighted by atomic mass is 16.5. The summed E-state index contributed by atoms with van der Waals surface area (Å²) in [4.78, 5) is 7.36. The van der Waals surface area contributed by atoms with E-state index in [1.54, 1.807) is 0 Å². The molecular formula is C26H39N3O2. The van der Waals surface area contributed by atoms with Crippen molar-refractivity contribution in [2.75, 3.05) is 66.6 Å². The standard InChI is InChI=1S/C26H39N3O2/c1-27(2)13-5-6-21-7-9-23(10-8-21)26-24-19-28(18-22-11-16-31-17-12-22)14-3-4-15-29(24)25(26)20-30/h7-10,22,24-26,30H,3-4,11-20H2,1-2H3/t24-,25+,26+/m0/s1. The third kappa shape index (κ3) is 5.69. The summed E-state index contributed by atoms with van der Waals surface area (Å²) in [6, 6.07) is 9.54. The summed E-state index contributed by atoms with van der Waals surface area (Å²) >= 11 is 0. The monoisotopic (exact) mass is 425 g/mol. The highest BCUT2D eigenvalue weighted by Crippen LogP contribution is 2.42. The summed E-state index contributed by atoms with van der Waals surface area (Å²) in [5, 5.41) is 10.2. The van der Waals surface area contributed by atoms with E-state index in [1.807, 2.05) is 14.1 Å². The van der Waals surface area contributed by atoms with Crippen molar-refractivity contribution in [1.29, 1.82) is 0 Å². The van der Waals surface area contributed by atoms with Crippen molar-refractivity contribution in [3.8, 4) is 11.8 Å². The Morgan fingerprint density at radius 2 is 1.84 bits per heavy atom. The van der Waals surface area contributed by atoms with Crippen molar-refractivity contribution >= 4 is 0 Å². The molecule has 3 atom stereocenters. The number of aliphatic hydroxyl groups excluding tert-OH is 1. The molecule has 0 aliphatic carbocycles. The fraction of sp³-hybridized carbons (Fsp3) is 0.692. The van der Waals surface area contributed by atoms with Gasteiger partial charge in [0.05, 0.1) is 13.2 Å². The van der Waals surface area contributed by atoms with Crippen molar-refractivity contribution in [2.45, 2.75) is 43.7 Å². The normalized spacial score (nSPS) is 28.2. The van der Waals surface area contributed by atoms with Crippen molar-refractivity contribution in [3.63, 3.8) is 0 Å². The van der Waals surface area contributed by atoms with E-state index in [-0.39, 0.29) is 12.6 Å². The van der Waals surface area contributed by atoms with Gasteiger partial charge < -0.3 is 14.7 Å². The van der Waals surface area contributed by atoms with Gasteiger partial charge in [0.15, 0.2) is 0 Å². The lowest BCUT2D eigenvalue weighted by Crippen LogP contribution is -2.67. The molecule has 0 spiro atoms. The molecule has 170 valence electrons. The molecule has 5 heteroatoms. The zero-order valence-electron chi connectivity index (χ0n) is 19.3. The maximum atomic E-state index is 10.2. The number of fused-ring (bicyclic) bond motifs is 1. The van der Waals surface area contributed by atoms with Crippen LogP contribution in [0.4, 0.5) is 0 Å². The van der Waals surface area contributed by atoms with Crippen LogP contribution in [-0.4, -0.2) is 98.5 Å². The topological polar surface area (TPSA) is 39.2 Å². The van der Waals surface area contributed by atoms with Gasteiger partial charge in [-0.25, -0.2) is 0 Å². The second kappa shape index (κ2) is 10.9. The number of benzene rings is 1. The average Bonchev–Trinajstić information content (AvgIpc) is 2.76. The predicted molar refractivity (Wildman–Crippen MR) is 125 cm³/mol. The molecule has 1 aromatic rings. The maximum Gasteiger partial charge on any atom is 0.0600 e. The van der Waals surface area contributed by atoms with Crippen molar-refractivity contribution in [3.05, 3.63) is 35.4 Å². The molecule has 31 heavy (non-hydrogen) atoms. The van der Waals surface area contributed by atoms with Gasteiger partial charge in [-0.2, -0.15) is 0 Å². The van der Waals surface area contributed by atoms with Crippen LogP contribution in [0.5, 0.6) is 0 Å². The minimum Gasteiger partial charge on any atom is -0.395 e. The number of rotatable bonds is 5. The van der Waals surface area contributed by atoms with Crippen LogP contribution in [0.25, 0.3) is 0 Å². The molecule has 1 aromatic carbocycles. The lowest BCUT2D eigenvalue weighted by Gasteiger charge is -2.57. The van der Waals surface area contributed by atoms with Crippen molar-refractivity contribution in [2.24, 2.45) is 5.92 Å². The summed E-state index contributed by atoms with van der Waals surface area (Å²) in [6.07, 6.45) is 4.88. The van der Waals surface area contributed by atoms with E-state index in [2.05, 4.69) is 50.8 Å². The van der Waals surface area contributed by atoms with Crippen LogP contribution in [0.15, 0.2) is 24.3 Å². The minimum atomic E-state index is 0.242. The van der Waals surface area contributed by atoms with Gasteiger partial charge >= 0.3 is 0 Å². The SMILES string of the molecule is CN(C)CC#Cc1ccc([C@H]2[C@@H](CO)N3CCCCN(CC4CCOCC4)C[C@@H]23)cc1. The molecule has 3 fully saturated rings. The lowest BCUT2D eigenvalue weighted by atomic mass is 9.74. The van der Waals surface area contributed by atoms with Crippen LogP contribution in [0.2, 0.25) is 0 Å². The van der Waals surface area contributed by atoms with Gasteiger partial charge in [0.2, 0.25) is 0 Å². The van der Waals surface area contributed by atoms with E-state index in [0.717, 1.165) is 44.3 Å². The Morgan fingerprint density at radius 3 is 2.55 bits per heavy atom. The van der Waals surface area contributed by atoms with E-state index in [0.29, 0.717) is 12.0 Å². The molecule has 1 N–H and O–H groups in total. The van der Waals surface area contributed by atoms with Crippen LogP contribution in [0.1, 0.15) is 42.7 Å². The fourth-order valence-electron chi connectivity index (χ4n) is 5.56. The predicted octanol–water partition coefficient (Wildman–Crippen LogP) is 2.25. The zero-order chi connectivity index (χ0) is 21.6. The van der Waals surface area contributed by atoms with E-state index in [9.17, 15) is 5.11 Å². The largest absolute Gasteiger partial charge is 0.395 e. The molecule has 0 radical (unpaired) electrons. The first-order chi connectivity index (χ1) is 15.2. The Morgan fingerprint density at radius 1 is 1.10 bits per heavy atom. The second-order valence-corrected chi connectivity index (χ2v) is 9.76.